The van der Waals surface area contributed by atoms with Crippen molar-refractivity contribution < 1.29 is 4.84 Å². The molecule has 3 N–H and O–H groups in total. The first kappa shape index (κ1) is 31.8. The number of pyridine rings is 1. The van der Waals surface area contributed by atoms with E-state index < -0.39 is 0 Å². The first-order valence-corrected chi connectivity index (χ1v) is 12.9. The van der Waals surface area contributed by atoms with E-state index in [1.807, 2.05) is 40.9 Å². The van der Waals surface area contributed by atoms with Crippen LogP contribution in [-0.4, -0.2) is 35.8 Å². The zero-order valence-corrected chi connectivity index (χ0v) is 24.2. The van der Waals surface area contributed by atoms with Gasteiger partial charge in [0, 0.05) is 48.2 Å². The fraction of sp³-hybridized carbons (Fsp3) is 0.419. The quantitative estimate of drug-likeness (QED) is 0.146. The summed E-state index contributed by atoms with van der Waals surface area (Å²) in [5.74, 6) is 6.29. The van der Waals surface area contributed by atoms with Gasteiger partial charge in [-0.2, -0.15) is 0 Å². The second-order valence-corrected chi connectivity index (χ2v) is 9.59. The Hall–Kier alpha value is -3.22. The van der Waals surface area contributed by atoms with Crippen LogP contribution in [0, 0.1) is 6.92 Å². The number of nitrogens with zero attached hydrogens (tertiary/aromatic N) is 3. The molecule has 6 nitrogen and oxygen atoms in total. The third-order valence-corrected chi connectivity index (χ3v) is 5.92. The normalized spacial score (nSPS) is 11.9. The first-order valence-electron chi connectivity index (χ1n) is 12.9. The minimum atomic E-state index is 0.426. The molecule has 0 spiro atoms. The molecule has 0 radical (unpaired) electrons. The van der Waals surface area contributed by atoms with Crippen LogP contribution in [0.2, 0.25) is 0 Å². The Morgan fingerprint density at radius 3 is 2.35 bits per heavy atom. The van der Waals surface area contributed by atoms with Gasteiger partial charge in [0.15, 0.2) is 0 Å². The molecule has 202 valence electrons. The zero-order chi connectivity index (χ0) is 28.0. The molecule has 0 aliphatic carbocycles. The first-order chi connectivity index (χ1) is 17.5. The third kappa shape index (κ3) is 11.1. The predicted molar refractivity (Wildman–Crippen MR) is 158 cm³/mol. The maximum atomic E-state index is 5.11. The lowest BCUT2D eigenvalue weighted by molar-refractivity contribution is 0.130. The average Bonchev–Trinajstić information content (AvgIpc) is 2.88. The lowest BCUT2D eigenvalue weighted by atomic mass is 9.95. The molecule has 0 saturated heterocycles. The van der Waals surface area contributed by atoms with E-state index in [0.29, 0.717) is 12.5 Å². The Balaban J connectivity index is 0.000000635. The van der Waals surface area contributed by atoms with Gasteiger partial charge >= 0.3 is 0 Å². The van der Waals surface area contributed by atoms with Crippen molar-refractivity contribution in [3.63, 3.8) is 0 Å². The minimum Gasteiger partial charge on any atom is -0.375 e. The van der Waals surface area contributed by atoms with Gasteiger partial charge in [0.1, 0.15) is 5.82 Å². The molecule has 0 bridgehead atoms. The summed E-state index contributed by atoms with van der Waals surface area (Å²) in [5, 5.41) is 3.30. The maximum Gasteiger partial charge on any atom is 0.135 e. The van der Waals surface area contributed by atoms with E-state index in [4.69, 9.17) is 10.9 Å². The van der Waals surface area contributed by atoms with Crippen LogP contribution in [0.1, 0.15) is 76.3 Å². The van der Waals surface area contributed by atoms with Crippen molar-refractivity contribution in [2.24, 2.45) is 10.9 Å². The standard InChI is InChI=1S/C23H36N4O.C8H11N/c1-16(2)21-12-9-10-13-22(21)19(6)26-23(25-17(3)4)18(5)20(7)27(8)14-11-15-28-24;1-3-8-5-4-7(2)6-9-8/h9-10,12-13,16,25H,3,7,11,14-15,24H2,1-2,4-6,8H3;4-6H,3H2,1-2H3/b23-18+,26-19+;. The molecule has 37 heavy (non-hydrogen) atoms. The molecule has 0 atom stereocenters. The Kier molecular flexibility index (Phi) is 14.2. The highest BCUT2D eigenvalue weighted by Crippen LogP contribution is 2.22. The molecule has 1 aromatic heterocycles. The molecule has 2 aromatic rings. The SMILES string of the molecule is C=C(C)NC(/N=C(\C)c1ccccc1C(C)C)=C(/C)C(=C)N(C)CCCON.CCc1ccc(C)cn1. The number of aromatic nitrogens is 1. The van der Waals surface area contributed by atoms with Gasteiger partial charge in [-0.15, -0.1) is 0 Å². The van der Waals surface area contributed by atoms with E-state index in [2.05, 4.69) is 90.4 Å². The number of hydrogen-bond donors (Lipinski definition) is 2. The lowest BCUT2D eigenvalue weighted by Gasteiger charge is -2.24. The summed E-state index contributed by atoms with van der Waals surface area (Å²) >= 11 is 0. The van der Waals surface area contributed by atoms with Crippen LogP contribution >= 0.6 is 0 Å². The molecule has 1 aromatic carbocycles. The molecule has 0 aliphatic heterocycles. The molecule has 0 amide bonds. The Morgan fingerprint density at radius 2 is 1.81 bits per heavy atom. The van der Waals surface area contributed by atoms with Crippen LogP contribution in [0.3, 0.4) is 0 Å². The Labute approximate surface area is 225 Å². The van der Waals surface area contributed by atoms with Gasteiger partial charge in [-0.1, -0.05) is 64.3 Å². The lowest BCUT2D eigenvalue weighted by Crippen LogP contribution is -2.23. The van der Waals surface area contributed by atoms with E-state index in [1.54, 1.807) is 0 Å². The van der Waals surface area contributed by atoms with E-state index >= 15 is 0 Å². The third-order valence-electron chi connectivity index (χ3n) is 5.92. The summed E-state index contributed by atoms with van der Waals surface area (Å²) in [7, 11) is 2.01. The van der Waals surface area contributed by atoms with Crippen LogP contribution in [0.4, 0.5) is 0 Å². The highest BCUT2D eigenvalue weighted by atomic mass is 16.6. The number of likely N-dealkylation sites (N-methyl/N-ethyl adjacent to an activating group) is 1. The molecular formula is C31H47N5O. The van der Waals surface area contributed by atoms with Gasteiger partial charge in [-0.3, -0.25) is 4.98 Å². The molecule has 0 saturated carbocycles. The topological polar surface area (TPSA) is 75.8 Å². The van der Waals surface area contributed by atoms with E-state index in [0.717, 1.165) is 53.4 Å². The largest absolute Gasteiger partial charge is 0.375 e. The summed E-state index contributed by atoms with van der Waals surface area (Å²) < 4.78 is 0. The van der Waals surface area contributed by atoms with Crippen molar-refractivity contribution in [3.8, 4) is 0 Å². The molecule has 0 unspecified atom stereocenters. The summed E-state index contributed by atoms with van der Waals surface area (Å²) in [6.45, 7) is 24.1. The van der Waals surface area contributed by atoms with Crippen molar-refractivity contribution >= 4 is 5.71 Å². The van der Waals surface area contributed by atoms with Gasteiger partial charge in [-0.05, 0) is 69.2 Å². The second-order valence-electron chi connectivity index (χ2n) is 9.59. The molecule has 0 aliphatic rings. The van der Waals surface area contributed by atoms with Crippen molar-refractivity contribution in [1.82, 2.24) is 15.2 Å². The zero-order valence-electron chi connectivity index (χ0n) is 24.2. The number of rotatable bonds is 12. The molecule has 1 heterocycles. The van der Waals surface area contributed by atoms with Crippen molar-refractivity contribution in [2.45, 2.75) is 67.2 Å². The minimum absolute atomic E-state index is 0.426. The summed E-state index contributed by atoms with van der Waals surface area (Å²) in [4.78, 5) is 15.9. The van der Waals surface area contributed by atoms with E-state index in [-0.39, 0.29) is 0 Å². The highest BCUT2D eigenvalue weighted by molar-refractivity contribution is 6.00. The summed E-state index contributed by atoms with van der Waals surface area (Å²) in [5.41, 5.74) is 8.50. The van der Waals surface area contributed by atoms with Crippen molar-refractivity contribution in [2.75, 3.05) is 20.2 Å². The van der Waals surface area contributed by atoms with Crippen LogP contribution in [0.15, 0.2) is 83.5 Å². The van der Waals surface area contributed by atoms with E-state index in [1.165, 1.54) is 16.8 Å². The summed E-state index contributed by atoms with van der Waals surface area (Å²) in [6.07, 6.45) is 3.76. The van der Waals surface area contributed by atoms with Crippen LogP contribution in [0.5, 0.6) is 0 Å². The van der Waals surface area contributed by atoms with Crippen LogP contribution in [0.25, 0.3) is 0 Å². The van der Waals surface area contributed by atoms with Gasteiger partial charge in [-0.25, -0.2) is 10.9 Å². The molecule has 0 fully saturated rings. The fourth-order valence-corrected chi connectivity index (χ4v) is 3.62. The average molecular weight is 506 g/mol. The molecule has 6 heteroatoms. The maximum absolute atomic E-state index is 5.11. The van der Waals surface area contributed by atoms with Gasteiger partial charge in [0.2, 0.25) is 0 Å². The number of allylic oxidation sites excluding steroid dienone is 2. The van der Waals surface area contributed by atoms with Crippen LogP contribution < -0.4 is 11.2 Å². The smallest absolute Gasteiger partial charge is 0.135 e. The number of aryl methyl sites for hydroxylation is 2. The van der Waals surface area contributed by atoms with Gasteiger partial charge < -0.3 is 15.1 Å². The number of benzene rings is 1. The van der Waals surface area contributed by atoms with Crippen molar-refractivity contribution in [3.05, 3.63) is 101 Å². The number of nitrogens with one attached hydrogen (secondary N) is 1. The number of hydrogen-bond acceptors (Lipinski definition) is 6. The van der Waals surface area contributed by atoms with E-state index in [9.17, 15) is 0 Å². The summed E-state index contributed by atoms with van der Waals surface area (Å²) in [6, 6.07) is 12.6. The molecular weight excluding hydrogens is 458 g/mol. The second kappa shape index (κ2) is 16.5. The predicted octanol–water partition coefficient (Wildman–Crippen LogP) is 6.65. The van der Waals surface area contributed by atoms with Gasteiger partial charge in [0.05, 0.1) is 6.61 Å². The fourth-order valence-electron chi connectivity index (χ4n) is 3.62. The number of nitrogens with two attached hydrogens (primary N) is 1. The van der Waals surface area contributed by atoms with Crippen molar-refractivity contribution in [1.29, 1.82) is 0 Å². The monoisotopic (exact) mass is 505 g/mol. The Morgan fingerprint density at radius 1 is 1.14 bits per heavy atom. The highest BCUT2D eigenvalue weighted by Gasteiger charge is 2.13. The number of aliphatic imine (C=N–C) groups is 1. The Bertz CT molecular complexity index is 1070. The molecule has 2 rings (SSSR count). The van der Waals surface area contributed by atoms with Gasteiger partial charge in [0.25, 0.3) is 0 Å². The van der Waals surface area contributed by atoms with Crippen LogP contribution in [-0.2, 0) is 11.3 Å².